The summed E-state index contributed by atoms with van der Waals surface area (Å²) in [4.78, 5) is 2.81. The lowest BCUT2D eigenvalue weighted by atomic mass is 10.3. The number of rotatable bonds is 9. The lowest BCUT2D eigenvalue weighted by Gasteiger charge is -2.04. The Kier molecular flexibility index (Phi) is 7.47. The highest BCUT2D eigenvalue weighted by Crippen LogP contribution is 2.14. The van der Waals surface area contributed by atoms with Gasteiger partial charge in [-0.2, -0.15) is 0 Å². The van der Waals surface area contributed by atoms with Gasteiger partial charge in [0, 0.05) is 29.5 Å². The second-order valence-corrected chi connectivity index (χ2v) is 5.38. The van der Waals surface area contributed by atoms with Crippen LogP contribution >= 0.6 is 11.3 Å². The van der Waals surface area contributed by atoms with Crippen molar-refractivity contribution in [3.8, 4) is 0 Å². The topological polar surface area (TPSA) is 21.3 Å². The number of nitrogens with one attached hydrogen (secondary N) is 1. The molecule has 1 heterocycles. The maximum absolute atomic E-state index is 5.49. The molecule has 1 aromatic rings. The molecule has 0 spiro atoms. The van der Waals surface area contributed by atoms with E-state index in [0.29, 0.717) is 0 Å². The average Bonchev–Trinajstić information content (AvgIpc) is 2.68. The Hall–Kier alpha value is -0.380. The number of unbranched alkanes of at least 4 members (excludes halogenated alkanes) is 1. The summed E-state index contributed by atoms with van der Waals surface area (Å²) in [6.07, 6.45) is 3.51. The zero-order valence-corrected chi connectivity index (χ0v) is 11.2. The first kappa shape index (κ1) is 13.7. The summed E-state index contributed by atoms with van der Waals surface area (Å²) in [5.74, 6) is 0. The first-order valence-electron chi connectivity index (χ1n) is 6.16. The molecule has 0 aliphatic rings. The largest absolute Gasteiger partial charge is 0.381 e. The van der Waals surface area contributed by atoms with E-state index >= 15 is 0 Å². The zero-order chi connectivity index (χ0) is 11.6. The Morgan fingerprint density at radius 3 is 2.75 bits per heavy atom. The SMILES string of the molecule is CCCCOCCCNCc1ccc(C)s1. The van der Waals surface area contributed by atoms with Gasteiger partial charge in [-0.1, -0.05) is 13.3 Å². The molecule has 0 atom stereocenters. The minimum absolute atomic E-state index is 0.885. The summed E-state index contributed by atoms with van der Waals surface area (Å²) < 4.78 is 5.49. The van der Waals surface area contributed by atoms with Crippen molar-refractivity contribution >= 4 is 11.3 Å². The van der Waals surface area contributed by atoms with E-state index in [2.05, 4.69) is 31.3 Å². The van der Waals surface area contributed by atoms with Gasteiger partial charge in [0.05, 0.1) is 0 Å². The molecule has 0 unspecified atom stereocenters. The van der Waals surface area contributed by atoms with Crippen LogP contribution in [0.2, 0.25) is 0 Å². The van der Waals surface area contributed by atoms with Crippen LogP contribution in [-0.4, -0.2) is 19.8 Å². The fourth-order valence-electron chi connectivity index (χ4n) is 1.44. The molecule has 0 bridgehead atoms. The van der Waals surface area contributed by atoms with Gasteiger partial charge in [0.1, 0.15) is 0 Å². The predicted molar refractivity (Wildman–Crippen MR) is 71.1 cm³/mol. The van der Waals surface area contributed by atoms with E-state index in [9.17, 15) is 0 Å². The van der Waals surface area contributed by atoms with Crippen molar-refractivity contribution in [3.05, 3.63) is 21.9 Å². The lowest BCUT2D eigenvalue weighted by Crippen LogP contribution is -2.15. The van der Waals surface area contributed by atoms with E-state index in [-0.39, 0.29) is 0 Å². The standard InChI is InChI=1S/C13H23NOS/c1-3-4-9-15-10-5-8-14-11-13-7-6-12(2)16-13/h6-7,14H,3-5,8-11H2,1-2H3. The van der Waals surface area contributed by atoms with Crippen LogP contribution in [0.15, 0.2) is 12.1 Å². The second-order valence-electron chi connectivity index (χ2n) is 4.01. The first-order chi connectivity index (χ1) is 7.83. The Balaban J connectivity index is 1.88. The molecule has 3 heteroatoms. The van der Waals surface area contributed by atoms with Crippen molar-refractivity contribution in [2.75, 3.05) is 19.8 Å². The highest BCUT2D eigenvalue weighted by Gasteiger charge is 1.95. The Morgan fingerprint density at radius 1 is 1.25 bits per heavy atom. The molecule has 1 rings (SSSR count). The summed E-state index contributed by atoms with van der Waals surface area (Å²) in [6.45, 7) is 8.18. The van der Waals surface area contributed by atoms with Crippen LogP contribution in [0.4, 0.5) is 0 Å². The van der Waals surface area contributed by atoms with Crippen LogP contribution in [0.1, 0.15) is 35.9 Å². The molecule has 0 aliphatic carbocycles. The molecule has 0 radical (unpaired) electrons. The highest BCUT2D eigenvalue weighted by atomic mass is 32.1. The van der Waals surface area contributed by atoms with Gasteiger partial charge in [-0.05, 0) is 38.4 Å². The number of ether oxygens (including phenoxy) is 1. The first-order valence-corrected chi connectivity index (χ1v) is 6.98. The van der Waals surface area contributed by atoms with Crippen LogP contribution in [-0.2, 0) is 11.3 Å². The fourth-order valence-corrected chi connectivity index (χ4v) is 2.30. The summed E-state index contributed by atoms with van der Waals surface area (Å²) in [7, 11) is 0. The van der Waals surface area contributed by atoms with Gasteiger partial charge in [0.25, 0.3) is 0 Å². The van der Waals surface area contributed by atoms with Gasteiger partial charge in [-0.25, -0.2) is 0 Å². The van der Waals surface area contributed by atoms with Crippen molar-refractivity contribution in [2.24, 2.45) is 0 Å². The summed E-state index contributed by atoms with van der Waals surface area (Å²) in [5.41, 5.74) is 0. The van der Waals surface area contributed by atoms with Crippen LogP contribution in [0.5, 0.6) is 0 Å². The van der Waals surface area contributed by atoms with Gasteiger partial charge in [-0.3, -0.25) is 0 Å². The van der Waals surface area contributed by atoms with Crippen LogP contribution in [0, 0.1) is 6.92 Å². The molecular formula is C13H23NOS. The van der Waals surface area contributed by atoms with Gasteiger partial charge < -0.3 is 10.1 Å². The van der Waals surface area contributed by atoms with Crippen molar-refractivity contribution < 1.29 is 4.74 Å². The number of thiophene rings is 1. The molecule has 1 aromatic heterocycles. The average molecular weight is 241 g/mol. The number of aryl methyl sites for hydroxylation is 1. The second kappa shape index (κ2) is 8.74. The van der Waals surface area contributed by atoms with Crippen LogP contribution in [0.25, 0.3) is 0 Å². The van der Waals surface area contributed by atoms with Gasteiger partial charge in [-0.15, -0.1) is 11.3 Å². The van der Waals surface area contributed by atoms with E-state index in [1.54, 1.807) is 0 Å². The van der Waals surface area contributed by atoms with Crippen LogP contribution < -0.4 is 5.32 Å². The molecule has 16 heavy (non-hydrogen) atoms. The minimum Gasteiger partial charge on any atom is -0.381 e. The molecule has 0 aromatic carbocycles. The molecule has 1 N–H and O–H groups in total. The summed E-state index contributed by atoms with van der Waals surface area (Å²) in [6, 6.07) is 4.38. The monoisotopic (exact) mass is 241 g/mol. The Bertz CT molecular complexity index is 273. The number of hydrogen-bond donors (Lipinski definition) is 1. The number of hydrogen-bond acceptors (Lipinski definition) is 3. The van der Waals surface area contributed by atoms with Crippen molar-refractivity contribution in [1.82, 2.24) is 5.32 Å². The highest BCUT2D eigenvalue weighted by molar-refractivity contribution is 7.11. The third-order valence-corrected chi connectivity index (χ3v) is 3.38. The third kappa shape index (κ3) is 6.26. The van der Waals surface area contributed by atoms with E-state index in [4.69, 9.17) is 4.74 Å². The Morgan fingerprint density at radius 2 is 2.06 bits per heavy atom. The van der Waals surface area contributed by atoms with Crippen LogP contribution in [0.3, 0.4) is 0 Å². The van der Waals surface area contributed by atoms with E-state index in [1.165, 1.54) is 22.6 Å². The van der Waals surface area contributed by atoms with E-state index < -0.39 is 0 Å². The maximum atomic E-state index is 5.49. The molecular weight excluding hydrogens is 218 g/mol. The van der Waals surface area contributed by atoms with E-state index in [0.717, 1.165) is 32.7 Å². The van der Waals surface area contributed by atoms with E-state index in [1.807, 2.05) is 11.3 Å². The summed E-state index contributed by atoms with van der Waals surface area (Å²) in [5, 5.41) is 3.44. The molecule has 92 valence electrons. The predicted octanol–water partition coefficient (Wildman–Crippen LogP) is 3.35. The molecule has 0 saturated carbocycles. The molecule has 0 aliphatic heterocycles. The smallest absolute Gasteiger partial charge is 0.0478 e. The van der Waals surface area contributed by atoms with Crippen molar-refractivity contribution in [1.29, 1.82) is 0 Å². The molecule has 2 nitrogen and oxygen atoms in total. The quantitative estimate of drug-likeness (QED) is 0.669. The molecule has 0 fully saturated rings. The lowest BCUT2D eigenvalue weighted by molar-refractivity contribution is 0.129. The zero-order valence-electron chi connectivity index (χ0n) is 10.4. The van der Waals surface area contributed by atoms with Crippen molar-refractivity contribution in [2.45, 2.75) is 39.7 Å². The minimum atomic E-state index is 0.885. The van der Waals surface area contributed by atoms with Gasteiger partial charge >= 0.3 is 0 Å². The Labute approximate surface area is 103 Å². The molecule has 0 saturated heterocycles. The van der Waals surface area contributed by atoms with Crippen molar-refractivity contribution in [3.63, 3.8) is 0 Å². The third-order valence-electron chi connectivity index (χ3n) is 2.38. The summed E-state index contributed by atoms with van der Waals surface area (Å²) >= 11 is 1.87. The maximum Gasteiger partial charge on any atom is 0.0478 e. The van der Waals surface area contributed by atoms with Gasteiger partial charge in [0.2, 0.25) is 0 Å². The van der Waals surface area contributed by atoms with Gasteiger partial charge in [0.15, 0.2) is 0 Å². The normalized spacial score (nSPS) is 10.9. The molecule has 0 amide bonds. The fraction of sp³-hybridized carbons (Fsp3) is 0.692.